The number of nitrogens with zero attached hydrogens (tertiary/aromatic N) is 1. The van der Waals surface area contributed by atoms with E-state index < -0.39 is 10.0 Å². The molecule has 0 atom stereocenters. The minimum Gasteiger partial charge on any atom is -0.359 e. The van der Waals surface area contributed by atoms with Crippen molar-refractivity contribution in [2.75, 3.05) is 4.72 Å². The molecule has 0 saturated heterocycles. The average molecular weight is 332 g/mol. The number of rotatable bonds is 3. The summed E-state index contributed by atoms with van der Waals surface area (Å²) in [7, 11) is -3.81. The summed E-state index contributed by atoms with van der Waals surface area (Å²) < 4.78 is 27.4. The van der Waals surface area contributed by atoms with Gasteiger partial charge in [-0.3, -0.25) is 4.72 Å². The highest BCUT2D eigenvalue weighted by Crippen LogP contribution is 2.28. The lowest BCUT2D eigenvalue weighted by Crippen LogP contribution is -2.13. The fourth-order valence-electron chi connectivity index (χ4n) is 2.15. The number of nitrogens with one attached hydrogen (secondary N) is 2. The van der Waals surface area contributed by atoms with Crippen LogP contribution in [0.3, 0.4) is 0 Å². The molecule has 0 spiro atoms. The molecule has 0 fully saturated rings. The normalized spacial score (nSPS) is 11.3. The summed E-state index contributed by atoms with van der Waals surface area (Å²) in [5.74, 6) is 0. The molecule has 1 aromatic heterocycles. The highest BCUT2D eigenvalue weighted by atomic mass is 35.5. The quantitative estimate of drug-likeness (QED) is 0.770. The van der Waals surface area contributed by atoms with Crippen LogP contribution in [0, 0.1) is 11.3 Å². The van der Waals surface area contributed by atoms with Crippen LogP contribution in [0.5, 0.6) is 0 Å². The molecule has 3 rings (SSSR count). The number of halogens is 1. The Morgan fingerprint density at radius 2 is 2.00 bits per heavy atom. The van der Waals surface area contributed by atoms with Crippen molar-refractivity contribution in [2.24, 2.45) is 0 Å². The van der Waals surface area contributed by atoms with Gasteiger partial charge in [-0.05, 0) is 36.4 Å². The number of sulfonamides is 1. The molecule has 0 saturated carbocycles. The van der Waals surface area contributed by atoms with E-state index in [1.807, 2.05) is 6.07 Å². The lowest BCUT2D eigenvalue weighted by Gasteiger charge is -2.10. The van der Waals surface area contributed by atoms with Crippen molar-refractivity contribution >= 4 is 38.2 Å². The summed E-state index contributed by atoms with van der Waals surface area (Å²) in [6, 6.07) is 12.8. The van der Waals surface area contributed by atoms with Gasteiger partial charge in [0.05, 0.1) is 27.7 Å². The third kappa shape index (κ3) is 2.64. The lowest BCUT2D eigenvalue weighted by atomic mass is 10.2. The second-order valence-corrected chi connectivity index (χ2v) is 6.76. The second kappa shape index (κ2) is 5.37. The van der Waals surface area contributed by atoms with Gasteiger partial charge in [0, 0.05) is 16.6 Å². The largest absolute Gasteiger partial charge is 0.359 e. The van der Waals surface area contributed by atoms with Crippen LogP contribution < -0.4 is 4.72 Å². The van der Waals surface area contributed by atoms with Crippen LogP contribution in [0.25, 0.3) is 10.9 Å². The van der Waals surface area contributed by atoms with Gasteiger partial charge in [-0.1, -0.05) is 17.7 Å². The Balaban J connectivity index is 2.07. The zero-order chi connectivity index (χ0) is 15.7. The average Bonchev–Trinajstić information content (AvgIpc) is 2.95. The Labute approximate surface area is 132 Å². The minimum atomic E-state index is -3.81. The summed E-state index contributed by atoms with van der Waals surface area (Å²) in [6.45, 7) is 0. The predicted octanol–water partition coefficient (Wildman–Crippen LogP) is 3.49. The maximum atomic E-state index is 12.5. The van der Waals surface area contributed by atoms with Gasteiger partial charge in [-0.25, -0.2) is 8.42 Å². The van der Waals surface area contributed by atoms with Gasteiger partial charge >= 0.3 is 0 Å². The number of hydrogen-bond acceptors (Lipinski definition) is 3. The molecule has 0 aliphatic heterocycles. The number of fused-ring (bicyclic) bond motifs is 1. The summed E-state index contributed by atoms with van der Waals surface area (Å²) in [5.41, 5.74) is 1.28. The van der Waals surface area contributed by atoms with Crippen LogP contribution in [0.15, 0.2) is 53.6 Å². The molecule has 22 heavy (non-hydrogen) atoms. The van der Waals surface area contributed by atoms with Gasteiger partial charge in [0.2, 0.25) is 0 Å². The maximum Gasteiger partial charge on any atom is 0.262 e. The Hall–Kier alpha value is -2.49. The monoisotopic (exact) mass is 331 g/mol. The number of aromatic nitrogens is 1. The molecule has 0 radical (unpaired) electrons. The van der Waals surface area contributed by atoms with E-state index in [0.717, 1.165) is 5.39 Å². The Morgan fingerprint density at radius 3 is 2.77 bits per heavy atom. The Bertz CT molecular complexity index is 1000. The van der Waals surface area contributed by atoms with Crippen molar-refractivity contribution in [1.82, 2.24) is 4.98 Å². The fourth-order valence-corrected chi connectivity index (χ4v) is 3.49. The second-order valence-electron chi connectivity index (χ2n) is 4.64. The topological polar surface area (TPSA) is 85.8 Å². The fraction of sp³-hybridized carbons (Fsp3) is 0. The van der Waals surface area contributed by atoms with Crippen LogP contribution in [0.1, 0.15) is 5.56 Å². The van der Waals surface area contributed by atoms with Crippen LogP contribution in [-0.4, -0.2) is 13.4 Å². The summed E-state index contributed by atoms with van der Waals surface area (Å²) >= 11 is 6.01. The number of nitriles is 1. The van der Waals surface area contributed by atoms with E-state index in [1.54, 1.807) is 24.4 Å². The van der Waals surface area contributed by atoms with Crippen molar-refractivity contribution < 1.29 is 8.42 Å². The van der Waals surface area contributed by atoms with Gasteiger partial charge in [0.1, 0.15) is 0 Å². The number of aromatic amines is 1. The Kier molecular flexibility index (Phi) is 3.53. The van der Waals surface area contributed by atoms with Gasteiger partial charge in [-0.15, -0.1) is 0 Å². The molecule has 0 amide bonds. The molecule has 0 aliphatic carbocycles. The van der Waals surface area contributed by atoms with Crippen molar-refractivity contribution in [3.8, 4) is 6.07 Å². The number of benzene rings is 2. The first kappa shape index (κ1) is 14.4. The van der Waals surface area contributed by atoms with E-state index in [4.69, 9.17) is 16.9 Å². The van der Waals surface area contributed by atoms with E-state index in [1.165, 1.54) is 24.3 Å². The van der Waals surface area contributed by atoms with Gasteiger partial charge < -0.3 is 4.98 Å². The summed E-state index contributed by atoms with van der Waals surface area (Å²) in [5, 5.41) is 10.1. The van der Waals surface area contributed by atoms with E-state index in [0.29, 0.717) is 16.2 Å². The molecule has 3 aromatic rings. The molecule has 0 unspecified atom stereocenters. The Morgan fingerprint density at radius 1 is 1.18 bits per heavy atom. The molecular weight excluding hydrogens is 322 g/mol. The van der Waals surface area contributed by atoms with Crippen LogP contribution in [0.2, 0.25) is 5.02 Å². The van der Waals surface area contributed by atoms with Crippen molar-refractivity contribution in [3.05, 3.63) is 59.2 Å². The molecule has 0 bridgehead atoms. The van der Waals surface area contributed by atoms with Crippen molar-refractivity contribution in [2.45, 2.75) is 4.90 Å². The standard InChI is InChI=1S/C15H10ClN3O2S/c16-12-7-11-4-5-18-15(11)14(8-12)19-22(20,21)13-3-1-2-10(6-13)9-17/h1-8,18-19H. The van der Waals surface area contributed by atoms with E-state index >= 15 is 0 Å². The SMILES string of the molecule is N#Cc1cccc(S(=O)(=O)Nc2cc(Cl)cc3cc[nH]c23)c1. The number of hydrogen-bond donors (Lipinski definition) is 2. The molecule has 0 aliphatic rings. The number of H-pyrrole nitrogens is 1. The predicted molar refractivity (Wildman–Crippen MR) is 85.3 cm³/mol. The van der Waals surface area contributed by atoms with E-state index in [9.17, 15) is 8.42 Å². The molecule has 7 heteroatoms. The highest BCUT2D eigenvalue weighted by molar-refractivity contribution is 7.92. The maximum absolute atomic E-state index is 12.5. The molecular formula is C15H10ClN3O2S. The third-order valence-electron chi connectivity index (χ3n) is 3.14. The van der Waals surface area contributed by atoms with E-state index in [-0.39, 0.29) is 10.5 Å². The molecule has 1 heterocycles. The molecule has 2 N–H and O–H groups in total. The van der Waals surface area contributed by atoms with Crippen LogP contribution in [-0.2, 0) is 10.0 Å². The van der Waals surface area contributed by atoms with Gasteiger partial charge in [-0.2, -0.15) is 5.26 Å². The summed E-state index contributed by atoms with van der Waals surface area (Å²) in [6.07, 6.45) is 1.70. The van der Waals surface area contributed by atoms with Crippen LogP contribution in [0.4, 0.5) is 5.69 Å². The van der Waals surface area contributed by atoms with Gasteiger partial charge in [0.25, 0.3) is 10.0 Å². The lowest BCUT2D eigenvalue weighted by molar-refractivity contribution is 0.601. The highest BCUT2D eigenvalue weighted by Gasteiger charge is 2.17. The first-order valence-electron chi connectivity index (χ1n) is 6.29. The van der Waals surface area contributed by atoms with Crippen LogP contribution >= 0.6 is 11.6 Å². The van der Waals surface area contributed by atoms with Crippen molar-refractivity contribution in [3.63, 3.8) is 0 Å². The van der Waals surface area contributed by atoms with Crippen molar-refractivity contribution in [1.29, 1.82) is 5.26 Å². The van der Waals surface area contributed by atoms with E-state index in [2.05, 4.69) is 9.71 Å². The molecule has 110 valence electrons. The first-order chi connectivity index (χ1) is 10.5. The van der Waals surface area contributed by atoms with Gasteiger partial charge in [0.15, 0.2) is 0 Å². The minimum absolute atomic E-state index is 0.0197. The number of anilines is 1. The third-order valence-corrected chi connectivity index (χ3v) is 4.72. The first-order valence-corrected chi connectivity index (χ1v) is 8.15. The molecule has 2 aromatic carbocycles. The zero-order valence-corrected chi connectivity index (χ0v) is 12.7. The zero-order valence-electron chi connectivity index (χ0n) is 11.2. The summed E-state index contributed by atoms with van der Waals surface area (Å²) in [4.78, 5) is 2.99. The molecule has 5 nitrogen and oxygen atoms in total. The smallest absolute Gasteiger partial charge is 0.262 e.